The van der Waals surface area contributed by atoms with Crippen molar-refractivity contribution in [2.24, 2.45) is 5.10 Å². The Hall–Kier alpha value is -2.99. The van der Waals surface area contributed by atoms with Gasteiger partial charge in [-0.1, -0.05) is 29.8 Å². The van der Waals surface area contributed by atoms with Gasteiger partial charge in [0.1, 0.15) is 5.69 Å². The van der Waals surface area contributed by atoms with Crippen LogP contribution in [0.4, 0.5) is 0 Å². The van der Waals surface area contributed by atoms with Crippen LogP contribution in [0.2, 0.25) is 5.02 Å². The largest absolute Gasteiger partial charge is 0.289 e. The van der Waals surface area contributed by atoms with E-state index in [2.05, 4.69) is 25.7 Å². The number of aromatic amines is 1. The first-order valence-corrected chi connectivity index (χ1v) is 7.16. The van der Waals surface area contributed by atoms with E-state index in [-0.39, 0.29) is 5.91 Å². The van der Waals surface area contributed by atoms with Crippen LogP contribution in [0.25, 0.3) is 11.3 Å². The first kappa shape index (κ1) is 14.9. The number of aromatic nitrogens is 3. The standard InChI is InChI=1S/C16H12ClN5O/c17-12-6-4-11(5-7-12)14-9-15(21-20-14)16(23)22-19-10-13-3-1-2-8-18-13/h1-10H,(H,20,21)(H,22,23). The van der Waals surface area contributed by atoms with Gasteiger partial charge in [0.25, 0.3) is 5.91 Å². The minimum Gasteiger partial charge on any atom is -0.272 e. The van der Waals surface area contributed by atoms with Gasteiger partial charge in [0, 0.05) is 16.8 Å². The molecule has 0 aliphatic rings. The highest BCUT2D eigenvalue weighted by Gasteiger charge is 2.10. The number of halogens is 1. The van der Waals surface area contributed by atoms with Gasteiger partial charge < -0.3 is 0 Å². The average Bonchev–Trinajstić information content (AvgIpc) is 3.06. The summed E-state index contributed by atoms with van der Waals surface area (Å²) >= 11 is 5.85. The number of H-pyrrole nitrogens is 1. The van der Waals surface area contributed by atoms with Crippen molar-refractivity contribution in [3.05, 3.63) is 71.1 Å². The number of carbonyl (C=O) groups excluding carboxylic acids is 1. The van der Waals surface area contributed by atoms with Crippen LogP contribution in [-0.4, -0.2) is 27.3 Å². The van der Waals surface area contributed by atoms with E-state index in [1.165, 1.54) is 6.21 Å². The number of hydrogen-bond donors (Lipinski definition) is 2. The molecule has 0 aliphatic heterocycles. The summed E-state index contributed by atoms with van der Waals surface area (Å²) in [4.78, 5) is 16.1. The van der Waals surface area contributed by atoms with E-state index in [4.69, 9.17) is 11.6 Å². The van der Waals surface area contributed by atoms with Crippen molar-refractivity contribution in [1.29, 1.82) is 0 Å². The topological polar surface area (TPSA) is 83.0 Å². The maximum Gasteiger partial charge on any atom is 0.289 e. The van der Waals surface area contributed by atoms with Crippen LogP contribution in [0, 0.1) is 0 Å². The normalized spacial score (nSPS) is 10.8. The lowest BCUT2D eigenvalue weighted by Gasteiger charge is -1.96. The molecule has 0 atom stereocenters. The number of nitrogens with one attached hydrogen (secondary N) is 2. The maximum atomic E-state index is 12.0. The molecule has 0 fully saturated rings. The summed E-state index contributed by atoms with van der Waals surface area (Å²) in [5.74, 6) is -0.384. The number of carbonyl (C=O) groups is 1. The van der Waals surface area contributed by atoms with Gasteiger partial charge in [-0.05, 0) is 30.3 Å². The smallest absolute Gasteiger partial charge is 0.272 e. The first-order valence-electron chi connectivity index (χ1n) is 6.78. The Balaban J connectivity index is 1.67. The molecule has 0 bridgehead atoms. The molecule has 0 aliphatic carbocycles. The average molecular weight is 326 g/mol. The minimum atomic E-state index is -0.384. The Morgan fingerprint density at radius 3 is 2.78 bits per heavy atom. The Morgan fingerprint density at radius 1 is 1.22 bits per heavy atom. The van der Waals surface area contributed by atoms with Crippen molar-refractivity contribution in [3.63, 3.8) is 0 Å². The molecule has 2 aromatic heterocycles. The zero-order chi connectivity index (χ0) is 16.1. The SMILES string of the molecule is O=C(NN=Cc1ccccn1)c1cc(-c2ccc(Cl)cc2)n[nH]1. The van der Waals surface area contributed by atoms with Gasteiger partial charge in [-0.15, -0.1) is 0 Å². The number of nitrogens with zero attached hydrogens (tertiary/aromatic N) is 3. The Labute approximate surface area is 137 Å². The van der Waals surface area contributed by atoms with Crippen LogP contribution >= 0.6 is 11.6 Å². The van der Waals surface area contributed by atoms with Crippen molar-refractivity contribution >= 4 is 23.7 Å². The molecule has 3 aromatic rings. The Bertz CT molecular complexity index is 827. The van der Waals surface area contributed by atoms with Crippen LogP contribution in [0.15, 0.2) is 59.8 Å². The molecule has 1 amide bonds. The quantitative estimate of drug-likeness (QED) is 0.571. The van der Waals surface area contributed by atoms with E-state index < -0.39 is 0 Å². The third kappa shape index (κ3) is 3.81. The summed E-state index contributed by atoms with van der Waals surface area (Å²) in [6.07, 6.45) is 3.12. The van der Waals surface area contributed by atoms with Crippen LogP contribution in [0.1, 0.15) is 16.2 Å². The number of hydrazone groups is 1. The number of rotatable bonds is 4. The summed E-state index contributed by atoms with van der Waals surface area (Å²) in [6.45, 7) is 0. The second-order valence-electron chi connectivity index (χ2n) is 4.63. The highest BCUT2D eigenvalue weighted by Crippen LogP contribution is 2.20. The van der Waals surface area contributed by atoms with E-state index in [9.17, 15) is 4.79 Å². The highest BCUT2D eigenvalue weighted by atomic mass is 35.5. The lowest BCUT2D eigenvalue weighted by Crippen LogP contribution is -2.18. The van der Waals surface area contributed by atoms with E-state index in [0.29, 0.717) is 22.1 Å². The van der Waals surface area contributed by atoms with Crippen molar-refractivity contribution in [2.75, 3.05) is 0 Å². The molecule has 0 saturated carbocycles. The molecule has 1 aromatic carbocycles. The second-order valence-corrected chi connectivity index (χ2v) is 5.06. The van der Waals surface area contributed by atoms with Crippen LogP contribution in [-0.2, 0) is 0 Å². The van der Waals surface area contributed by atoms with Crippen molar-refractivity contribution in [2.45, 2.75) is 0 Å². The van der Waals surface area contributed by atoms with E-state index >= 15 is 0 Å². The predicted molar refractivity (Wildman–Crippen MR) is 88.3 cm³/mol. The maximum absolute atomic E-state index is 12.0. The molecule has 3 rings (SSSR count). The molecular formula is C16H12ClN5O. The number of benzene rings is 1. The summed E-state index contributed by atoms with van der Waals surface area (Å²) in [6, 6.07) is 14.3. The van der Waals surface area contributed by atoms with Gasteiger partial charge in [0.05, 0.1) is 17.6 Å². The summed E-state index contributed by atoms with van der Waals surface area (Å²) in [5, 5.41) is 11.3. The second kappa shape index (κ2) is 6.85. The predicted octanol–water partition coefficient (Wildman–Crippen LogP) is 2.89. The van der Waals surface area contributed by atoms with Gasteiger partial charge in [0.2, 0.25) is 0 Å². The third-order valence-corrected chi connectivity index (χ3v) is 3.27. The summed E-state index contributed by atoms with van der Waals surface area (Å²) in [5.41, 5.74) is 4.90. The number of hydrogen-bond acceptors (Lipinski definition) is 4. The highest BCUT2D eigenvalue weighted by molar-refractivity contribution is 6.30. The molecule has 6 nitrogen and oxygen atoms in total. The van der Waals surface area contributed by atoms with Gasteiger partial charge in [0.15, 0.2) is 0 Å². The molecule has 114 valence electrons. The van der Waals surface area contributed by atoms with Crippen LogP contribution < -0.4 is 5.43 Å². The van der Waals surface area contributed by atoms with Crippen molar-refractivity contribution in [3.8, 4) is 11.3 Å². The molecule has 2 N–H and O–H groups in total. The van der Waals surface area contributed by atoms with Gasteiger partial charge in [-0.2, -0.15) is 10.2 Å². The van der Waals surface area contributed by atoms with Crippen LogP contribution in [0.3, 0.4) is 0 Å². The summed E-state index contributed by atoms with van der Waals surface area (Å²) in [7, 11) is 0. The monoisotopic (exact) mass is 325 g/mol. The molecule has 23 heavy (non-hydrogen) atoms. The van der Waals surface area contributed by atoms with Crippen molar-refractivity contribution in [1.82, 2.24) is 20.6 Å². The summed E-state index contributed by atoms with van der Waals surface area (Å²) < 4.78 is 0. The fourth-order valence-electron chi connectivity index (χ4n) is 1.88. The molecule has 7 heteroatoms. The number of pyridine rings is 1. The van der Waals surface area contributed by atoms with E-state index in [1.807, 2.05) is 18.2 Å². The Kier molecular flexibility index (Phi) is 4.44. The zero-order valence-electron chi connectivity index (χ0n) is 11.9. The van der Waals surface area contributed by atoms with Gasteiger partial charge in [-0.3, -0.25) is 14.9 Å². The zero-order valence-corrected chi connectivity index (χ0v) is 12.7. The molecule has 0 radical (unpaired) electrons. The molecule has 0 unspecified atom stereocenters. The van der Waals surface area contributed by atoms with Gasteiger partial charge >= 0.3 is 0 Å². The molecule has 0 spiro atoms. The van der Waals surface area contributed by atoms with E-state index in [0.717, 1.165) is 5.56 Å². The fourth-order valence-corrected chi connectivity index (χ4v) is 2.00. The lowest BCUT2D eigenvalue weighted by atomic mass is 10.1. The fraction of sp³-hybridized carbons (Fsp3) is 0. The van der Waals surface area contributed by atoms with Crippen molar-refractivity contribution < 1.29 is 4.79 Å². The third-order valence-electron chi connectivity index (χ3n) is 3.01. The lowest BCUT2D eigenvalue weighted by molar-refractivity contribution is 0.0950. The molecule has 0 saturated heterocycles. The van der Waals surface area contributed by atoms with E-state index in [1.54, 1.807) is 36.5 Å². The number of amides is 1. The molecular weight excluding hydrogens is 314 g/mol. The van der Waals surface area contributed by atoms with Gasteiger partial charge in [-0.25, -0.2) is 5.43 Å². The Morgan fingerprint density at radius 2 is 2.04 bits per heavy atom. The first-order chi connectivity index (χ1) is 11.2. The molecule has 2 heterocycles. The minimum absolute atomic E-state index is 0.313. The van der Waals surface area contributed by atoms with Crippen LogP contribution in [0.5, 0.6) is 0 Å².